The lowest BCUT2D eigenvalue weighted by atomic mass is 10.2. The third-order valence-electron chi connectivity index (χ3n) is 1.76. The van der Waals surface area contributed by atoms with Crippen molar-refractivity contribution in [2.24, 2.45) is 0 Å². The van der Waals surface area contributed by atoms with Crippen LogP contribution in [0.25, 0.3) is 0 Å². The Labute approximate surface area is 94.6 Å². The normalized spacial score (nSPS) is 12.2. The first-order valence-electron chi connectivity index (χ1n) is 4.24. The van der Waals surface area contributed by atoms with E-state index in [0.717, 1.165) is 18.0 Å². The Morgan fingerprint density at radius 1 is 1.57 bits per heavy atom. The van der Waals surface area contributed by atoms with Gasteiger partial charge in [0.1, 0.15) is 0 Å². The highest BCUT2D eigenvalue weighted by Gasteiger charge is 2.08. The Balaban J connectivity index is 0.00000169. The number of likely N-dealkylation sites (N-methyl/N-ethyl adjacent to an activating group) is 1. The minimum absolute atomic E-state index is 0. The number of aromatic nitrogens is 2. The molecule has 0 amide bonds. The molecule has 0 fully saturated rings. The average molecular weight is 238 g/mol. The van der Waals surface area contributed by atoms with Gasteiger partial charge in [-0.15, -0.1) is 12.4 Å². The lowest BCUT2D eigenvalue weighted by Gasteiger charge is -2.04. The van der Waals surface area contributed by atoms with Gasteiger partial charge in [0.2, 0.25) is 5.89 Å². The summed E-state index contributed by atoms with van der Waals surface area (Å²) in [6.07, 6.45) is 2.83. The molecule has 0 saturated carbocycles. The van der Waals surface area contributed by atoms with Gasteiger partial charge in [0.25, 0.3) is 0 Å². The Kier molecular flexibility index (Phi) is 6.96. The highest BCUT2D eigenvalue weighted by molar-refractivity contribution is 7.97. The van der Waals surface area contributed by atoms with Gasteiger partial charge in [-0.25, -0.2) is 0 Å². The first-order chi connectivity index (χ1) is 6.26. The van der Waals surface area contributed by atoms with Crippen LogP contribution in [0.3, 0.4) is 0 Å². The van der Waals surface area contributed by atoms with Gasteiger partial charge in [0, 0.05) is 12.5 Å². The molecule has 82 valence electrons. The lowest BCUT2D eigenvalue weighted by Crippen LogP contribution is -2.24. The quantitative estimate of drug-likeness (QED) is 0.841. The average Bonchev–Trinajstić information content (AvgIpc) is 2.53. The summed E-state index contributed by atoms with van der Waals surface area (Å²) < 4.78 is 5.04. The number of nitrogens with zero attached hydrogens (tertiary/aromatic N) is 2. The van der Waals surface area contributed by atoms with Crippen molar-refractivity contribution in [1.82, 2.24) is 15.5 Å². The van der Waals surface area contributed by atoms with Crippen LogP contribution in [-0.2, 0) is 12.2 Å². The Hall–Kier alpha value is -0.260. The number of thioether (sulfide) groups is 1. The Morgan fingerprint density at radius 2 is 2.29 bits per heavy atom. The summed E-state index contributed by atoms with van der Waals surface area (Å²) in [7, 11) is 1.92. The minimum atomic E-state index is 0. The Bertz CT molecular complexity index is 256. The second-order valence-corrected chi connectivity index (χ2v) is 3.80. The van der Waals surface area contributed by atoms with Crippen LogP contribution >= 0.6 is 24.2 Å². The van der Waals surface area contributed by atoms with E-state index in [-0.39, 0.29) is 12.4 Å². The van der Waals surface area contributed by atoms with E-state index in [1.165, 1.54) is 0 Å². The molecule has 0 aliphatic rings. The fraction of sp³-hybridized carbons (Fsp3) is 0.750. The zero-order valence-electron chi connectivity index (χ0n) is 8.61. The van der Waals surface area contributed by atoms with Crippen LogP contribution in [0.1, 0.15) is 18.6 Å². The van der Waals surface area contributed by atoms with Crippen LogP contribution in [-0.4, -0.2) is 29.5 Å². The van der Waals surface area contributed by atoms with Crippen molar-refractivity contribution >= 4 is 24.2 Å². The molecule has 0 aromatic carbocycles. The van der Waals surface area contributed by atoms with E-state index >= 15 is 0 Å². The molecule has 1 heterocycles. The molecular formula is C8H16ClN3OS. The van der Waals surface area contributed by atoms with E-state index in [4.69, 9.17) is 4.52 Å². The summed E-state index contributed by atoms with van der Waals surface area (Å²) >= 11 is 1.68. The third-order valence-corrected chi connectivity index (χ3v) is 2.30. The molecule has 0 radical (unpaired) electrons. The SMILES string of the molecule is CNC(C)Cc1noc(CSC)n1.Cl. The lowest BCUT2D eigenvalue weighted by molar-refractivity contribution is 0.382. The predicted molar refractivity (Wildman–Crippen MR) is 61.0 cm³/mol. The molecule has 1 aromatic heterocycles. The van der Waals surface area contributed by atoms with Crippen molar-refractivity contribution in [1.29, 1.82) is 0 Å². The van der Waals surface area contributed by atoms with Gasteiger partial charge in [-0.05, 0) is 20.2 Å². The number of halogens is 1. The molecule has 0 spiro atoms. The molecule has 1 N–H and O–H groups in total. The fourth-order valence-corrected chi connectivity index (χ4v) is 1.30. The molecule has 0 aliphatic carbocycles. The van der Waals surface area contributed by atoms with E-state index in [1.807, 2.05) is 13.3 Å². The first-order valence-corrected chi connectivity index (χ1v) is 5.63. The smallest absolute Gasteiger partial charge is 0.236 e. The van der Waals surface area contributed by atoms with Gasteiger partial charge in [-0.3, -0.25) is 0 Å². The third kappa shape index (κ3) is 4.30. The highest BCUT2D eigenvalue weighted by atomic mass is 35.5. The van der Waals surface area contributed by atoms with Gasteiger partial charge >= 0.3 is 0 Å². The maximum Gasteiger partial charge on any atom is 0.236 e. The van der Waals surface area contributed by atoms with Gasteiger partial charge in [-0.1, -0.05) is 5.16 Å². The second kappa shape index (κ2) is 7.09. The summed E-state index contributed by atoms with van der Waals surface area (Å²) in [4.78, 5) is 4.25. The Morgan fingerprint density at radius 3 is 2.86 bits per heavy atom. The van der Waals surface area contributed by atoms with E-state index in [0.29, 0.717) is 11.9 Å². The van der Waals surface area contributed by atoms with Gasteiger partial charge in [0.15, 0.2) is 5.82 Å². The van der Waals surface area contributed by atoms with Crippen LogP contribution in [0.4, 0.5) is 0 Å². The van der Waals surface area contributed by atoms with Crippen molar-refractivity contribution in [3.8, 4) is 0 Å². The fourth-order valence-electron chi connectivity index (χ4n) is 0.931. The van der Waals surface area contributed by atoms with Crippen LogP contribution in [0.5, 0.6) is 0 Å². The summed E-state index contributed by atoms with van der Waals surface area (Å²) in [5.74, 6) is 2.29. The second-order valence-electron chi connectivity index (χ2n) is 2.93. The van der Waals surface area contributed by atoms with Crippen molar-refractivity contribution in [2.45, 2.75) is 25.1 Å². The van der Waals surface area contributed by atoms with E-state index in [1.54, 1.807) is 11.8 Å². The molecule has 1 unspecified atom stereocenters. The van der Waals surface area contributed by atoms with Crippen molar-refractivity contribution in [2.75, 3.05) is 13.3 Å². The van der Waals surface area contributed by atoms with Gasteiger partial charge in [0.05, 0.1) is 5.75 Å². The van der Waals surface area contributed by atoms with Gasteiger partial charge < -0.3 is 9.84 Å². The molecule has 14 heavy (non-hydrogen) atoms. The standard InChI is InChI=1S/C8H15N3OS.ClH/c1-6(9-2)4-7-10-8(5-13-3)12-11-7;/h6,9H,4-5H2,1-3H3;1H. The molecule has 1 aromatic rings. The van der Waals surface area contributed by atoms with E-state index < -0.39 is 0 Å². The molecule has 0 aliphatic heterocycles. The molecule has 4 nitrogen and oxygen atoms in total. The maximum atomic E-state index is 5.04. The van der Waals surface area contributed by atoms with Crippen molar-refractivity contribution < 1.29 is 4.52 Å². The molecule has 6 heteroatoms. The van der Waals surface area contributed by atoms with Crippen LogP contribution in [0.15, 0.2) is 4.52 Å². The molecule has 0 bridgehead atoms. The predicted octanol–water partition coefficient (Wildman–Crippen LogP) is 1.50. The molecule has 1 rings (SSSR count). The van der Waals surface area contributed by atoms with E-state index in [2.05, 4.69) is 22.4 Å². The van der Waals surface area contributed by atoms with Crippen molar-refractivity contribution in [3.63, 3.8) is 0 Å². The topological polar surface area (TPSA) is 51.0 Å². The summed E-state index contributed by atoms with van der Waals surface area (Å²) in [5, 5.41) is 7.01. The molecular weight excluding hydrogens is 222 g/mol. The minimum Gasteiger partial charge on any atom is -0.338 e. The zero-order valence-corrected chi connectivity index (χ0v) is 10.2. The summed E-state index contributed by atoms with van der Waals surface area (Å²) in [5.41, 5.74) is 0. The largest absolute Gasteiger partial charge is 0.338 e. The monoisotopic (exact) mass is 237 g/mol. The molecule has 0 saturated heterocycles. The zero-order chi connectivity index (χ0) is 9.68. The number of nitrogens with one attached hydrogen (secondary N) is 1. The summed E-state index contributed by atoms with van der Waals surface area (Å²) in [6.45, 7) is 2.09. The van der Waals surface area contributed by atoms with Gasteiger partial charge in [-0.2, -0.15) is 16.7 Å². The first kappa shape index (κ1) is 13.7. The highest BCUT2D eigenvalue weighted by Crippen LogP contribution is 2.07. The van der Waals surface area contributed by atoms with Crippen LogP contribution in [0.2, 0.25) is 0 Å². The molecule has 1 atom stereocenters. The van der Waals surface area contributed by atoms with Crippen LogP contribution in [0, 0.1) is 0 Å². The van der Waals surface area contributed by atoms with E-state index in [9.17, 15) is 0 Å². The summed E-state index contributed by atoms with van der Waals surface area (Å²) in [6, 6.07) is 0.389. The number of hydrogen-bond donors (Lipinski definition) is 1. The van der Waals surface area contributed by atoms with Crippen molar-refractivity contribution in [3.05, 3.63) is 11.7 Å². The maximum absolute atomic E-state index is 5.04. The number of rotatable bonds is 5. The number of hydrogen-bond acceptors (Lipinski definition) is 5. The van der Waals surface area contributed by atoms with Crippen LogP contribution < -0.4 is 5.32 Å².